The van der Waals surface area contributed by atoms with E-state index in [4.69, 9.17) is 4.74 Å². The number of aromatic nitrogens is 2. The summed E-state index contributed by atoms with van der Waals surface area (Å²) in [5.74, 6) is 2.10. The predicted octanol–water partition coefficient (Wildman–Crippen LogP) is 2.50. The van der Waals surface area contributed by atoms with E-state index in [1.807, 2.05) is 30.3 Å². The molecule has 0 aliphatic carbocycles. The standard InChI is InChI=1S/C21H26N4O3S/c26-19(9-8-15-5-2-1-3-6-15)23-21-17-13-29-14-18(17)24-25(21)12-20(27)22-11-16-7-4-10-28-16/h1-3,5-6,16H,4,7-14H2,(H,22,27)(H,23,26). The lowest BCUT2D eigenvalue weighted by Gasteiger charge is -2.13. The molecule has 0 radical (unpaired) electrons. The van der Waals surface area contributed by atoms with Crippen LogP contribution in [0.4, 0.5) is 5.82 Å². The molecule has 1 aromatic heterocycles. The summed E-state index contributed by atoms with van der Waals surface area (Å²) in [5, 5.41) is 10.5. The van der Waals surface area contributed by atoms with Gasteiger partial charge in [0.15, 0.2) is 0 Å². The highest BCUT2D eigenvalue weighted by Crippen LogP contribution is 2.34. The van der Waals surface area contributed by atoms with E-state index in [0.717, 1.165) is 47.8 Å². The molecule has 154 valence electrons. The molecule has 2 aliphatic heterocycles. The van der Waals surface area contributed by atoms with Crippen molar-refractivity contribution in [2.24, 2.45) is 0 Å². The molecule has 2 aliphatic rings. The van der Waals surface area contributed by atoms with Gasteiger partial charge in [-0.05, 0) is 24.8 Å². The van der Waals surface area contributed by atoms with E-state index >= 15 is 0 Å². The molecule has 3 heterocycles. The van der Waals surface area contributed by atoms with Gasteiger partial charge in [0, 0.05) is 36.6 Å². The largest absolute Gasteiger partial charge is 0.376 e. The maximum absolute atomic E-state index is 12.5. The number of amides is 2. The fourth-order valence-electron chi connectivity index (χ4n) is 3.64. The second-order valence-corrected chi connectivity index (χ2v) is 8.38. The highest BCUT2D eigenvalue weighted by atomic mass is 32.2. The van der Waals surface area contributed by atoms with Gasteiger partial charge in [0.05, 0.1) is 11.8 Å². The van der Waals surface area contributed by atoms with Crippen LogP contribution in [0.5, 0.6) is 0 Å². The Bertz CT molecular complexity index is 862. The topological polar surface area (TPSA) is 85.2 Å². The summed E-state index contributed by atoms with van der Waals surface area (Å²) in [6, 6.07) is 9.95. The van der Waals surface area contributed by atoms with E-state index in [2.05, 4.69) is 15.7 Å². The number of ether oxygens (including phenoxy) is 1. The minimum atomic E-state index is -0.117. The molecule has 0 bridgehead atoms. The van der Waals surface area contributed by atoms with Crippen LogP contribution in [0.1, 0.15) is 36.1 Å². The van der Waals surface area contributed by atoms with Crippen molar-refractivity contribution in [3.05, 3.63) is 47.2 Å². The number of anilines is 1. The fourth-order valence-corrected chi connectivity index (χ4v) is 4.68. The molecule has 8 heteroatoms. The normalized spacial score (nSPS) is 17.9. The first-order valence-electron chi connectivity index (χ1n) is 10.1. The van der Waals surface area contributed by atoms with E-state index < -0.39 is 0 Å². The molecule has 1 aromatic carbocycles. The van der Waals surface area contributed by atoms with Crippen molar-refractivity contribution in [1.29, 1.82) is 0 Å². The average Bonchev–Trinajstić information content (AvgIpc) is 3.46. The van der Waals surface area contributed by atoms with E-state index in [9.17, 15) is 9.59 Å². The zero-order valence-electron chi connectivity index (χ0n) is 16.4. The number of benzene rings is 1. The Kier molecular flexibility index (Phi) is 6.51. The van der Waals surface area contributed by atoms with Crippen LogP contribution in [-0.2, 0) is 38.8 Å². The molecule has 2 amide bonds. The third kappa shape index (κ3) is 5.19. The quantitative estimate of drug-likeness (QED) is 0.693. The maximum Gasteiger partial charge on any atom is 0.241 e. The predicted molar refractivity (Wildman–Crippen MR) is 113 cm³/mol. The third-order valence-corrected chi connectivity index (χ3v) is 6.17. The summed E-state index contributed by atoms with van der Waals surface area (Å²) in [6.45, 7) is 1.39. The van der Waals surface area contributed by atoms with Crippen molar-refractivity contribution in [3.8, 4) is 0 Å². The number of aryl methyl sites for hydroxylation is 1. The number of hydrogen-bond acceptors (Lipinski definition) is 5. The van der Waals surface area contributed by atoms with E-state index in [1.54, 1.807) is 16.4 Å². The molecule has 29 heavy (non-hydrogen) atoms. The van der Waals surface area contributed by atoms with Crippen LogP contribution in [0.2, 0.25) is 0 Å². The first-order chi connectivity index (χ1) is 14.2. The van der Waals surface area contributed by atoms with Crippen LogP contribution >= 0.6 is 11.8 Å². The second kappa shape index (κ2) is 9.45. The third-order valence-electron chi connectivity index (χ3n) is 5.20. The number of hydrogen-bond donors (Lipinski definition) is 2. The Morgan fingerprint density at radius 3 is 2.86 bits per heavy atom. The first kappa shape index (κ1) is 20.0. The Labute approximate surface area is 174 Å². The smallest absolute Gasteiger partial charge is 0.241 e. The molecule has 4 rings (SSSR count). The molecule has 0 spiro atoms. The zero-order chi connectivity index (χ0) is 20.1. The molecular formula is C21H26N4O3S. The van der Waals surface area contributed by atoms with E-state index in [0.29, 0.717) is 25.2 Å². The highest BCUT2D eigenvalue weighted by molar-refractivity contribution is 7.98. The van der Waals surface area contributed by atoms with Crippen molar-refractivity contribution < 1.29 is 14.3 Å². The lowest BCUT2D eigenvalue weighted by Crippen LogP contribution is -2.34. The monoisotopic (exact) mass is 414 g/mol. The Morgan fingerprint density at radius 2 is 2.07 bits per heavy atom. The van der Waals surface area contributed by atoms with Crippen LogP contribution in [0.15, 0.2) is 30.3 Å². The lowest BCUT2D eigenvalue weighted by atomic mass is 10.1. The van der Waals surface area contributed by atoms with Crippen molar-refractivity contribution in [2.75, 3.05) is 18.5 Å². The van der Waals surface area contributed by atoms with E-state index in [-0.39, 0.29) is 24.5 Å². The molecular weight excluding hydrogens is 388 g/mol. The molecule has 1 fully saturated rings. The molecule has 2 aromatic rings. The van der Waals surface area contributed by atoms with Crippen molar-refractivity contribution in [2.45, 2.75) is 49.8 Å². The number of nitrogens with zero attached hydrogens (tertiary/aromatic N) is 2. The van der Waals surface area contributed by atoms with Crippen LogP contribution in [0.25, 0.3) is 0 Å². The van der Waals surface area contributed by atoms with Gasteiger partial charge in [0.2, 0.25) is 11.8 Å². The number of carbonyl (C=O) groups excluding carboxylic acids is 2. The van der Waals surface area contributed by atoms with Gasteiger partial charge < -0.3 is 15.4 Å². The zero-order valence-corrected chi connectivity index (χ0v) is 17.2. The highest BCUT2D eigenvalue weighted by Gasteiger charge is 2.25. The van der Waals surface area contributed by atoms with E-state index in [1.165, 1.54) is 0 Å². The maximum atomic E-state index is 12.5. The molecule has 0 saturated carbocycles. The van der Waals surface area contributed by atoms with Crippen LogP contribution in [0, 0.1) is 0 Å². The summed E-state index contributed by atoms with van der Waals surface area (Å²) in [7, 11) is 0. The number of fused-ring (bicyclic) bond motifs is 1. The Hall–Kier alpha value is -2.32. The van der Waals surface area contributed by atoms with Crippen LogP contribution in [-0.4, -0.2) is 40.9 Å². The lowest BCUT2D eigenvalue weighted by molar-refractivity contribution is -0.122. The van der Waals surface area contributed by atoms with Crippen molar-refractivity contribution >= 4 is 29.4 Å². The van der Waals surface area contributed by atoms with Crippen LogP contribution < -0.4 is 10.6 Å². The van der Waals surface area contributed by atoms with Gasteiger partial charge in [-0.15, -0.1) is 0 Å². The molecule has 1 atom stereocenters. The van der Waals surface area contributed by atoms with Crippen molar-refractivity contribution in [1.82, 2.24) is 15.1 Å². The molecule has 2 N–H and O–H groups in total. The van der Waals surface area contributed by atoms with Gasteiger partial charge in [0.25, 0.3) is 0 Å². The molecule has 1 saturated heterocycles. The van der Waals surface area contributed by atoms with Gasteiger partial charge in [-0.3, -0.25) is 9.59 Å². The Morgan fingerprint density at radius 1 is 1.21 bits per heavy atom. The first-order valence-corrected chi connectivity index (χ1v) is 11.2. The number of nitrogens with one attached hydrogen (secondary N) is 2. The van der Waals surface area contributed by atoms with Crippen molar-refractivity contribution in [3.63, 3.8) is 0 Å². The van der Waals surface area contributed by atoms with Crippen LogP contribution in [0.3, 0.4) is 0 Å². The van der Waals surface area contributed by atoms with Gasteiger partial charge >= 0.3 is 0 Å². The summed E-state index contributed by atoms with van der Waals surface area (Å²) >= 11 is 1.77. The van der Waals surface area contributed by atoms with Gasteiger partial charge in [0.1, 0.15) is 12.4 Å². The second-order valence-electron chi connectivity index (χ2n) is 7.40. The summed E-state index contributed by atoms with van der Waals surface area (Å²) in [5.41, 5.74) is 3.13. The molecule has 1 unspecified atom stereocenters. The summed E-state index contributed by atoms with van der Waals surface area (Å²) in [6.07, 6.45) is 3.21. The average molecular weight is 415 g/mol. The minimum Gasteiger partial charge on any atom is -0.376 e. The number of carbonyl (C=O) groups is 2. The number of rotatable bonds is 8. The fraction of sp³-hybridized carbons (Fsp3) is 0.476. The SMILES string of the molecule is O=C(Cn1nc2c(c1NC(=O)CCc1ccccc1)CSC2)NCC1CCCO1. The van der Waals surface area contributed by atoms with Gasteiger partial charge in [-0.2, -0.15) is 16.9 Å². The number of thioether (sulfide) groups is 1. The summed E-state index contributed by atoms with van der Waals surface area (Å²) < 4.78 is 7.18. The van der Waals surface area contributed by atoms with Gasteiger partial charge in [-0.25, -0.2) is 4.68 Å². The Balaban J connectivity index is 1.36. The van der Waals surface area contributed by atoms with Gasteiger partial charge in [-0.1, -0.05) is 30.3 Å². The minimum absolute atomic E-state index is 0.0607. The summed E-state index contributed by atoms with van der Waals surface area (Å²) in [4.78, 5) is 24.9. The molecule has 7 nitrogen and oxygen atoms in total.